The largest absolute Gasteiger partial charge is 0.506 e. The molecule has 3 aromatic rings. The van der Waals surface area contributed by atoms with Crippen molar-refractivity contribution in [2.24, 2.45) is 5.73 Å². The average molecular weight is 381 g/mol. The second-order valence-corrected chi connectivity index (χ2v) is 6.24. The number of carboxylic acids is 1. The first-order valence-corrected chi connectivity index (χ1v) is 8.38. The van der Waals surface area contributed by atoms with Crippen LogP contribution in [0.4, 0.5) is 11.4 Å². The van der Waals surface area contributed by atoms with Gasteiger partial charge >= 0.3 is 5.97 Å². The number of benzene rings is 2. The molecule has 1 aliphatic heterocycles. The first-order valence-electron chi connectivity index (χ1n) is 8.38. The average Bonchev–Trinajstić information content (AvgIpc) is 2.66. The number of carboxylic acid groups (broad SMARTS) is 1. The molecule has 4 rings (SSSR count). The molecule has 0 bridgehead atoms. The lowest BCUT2D eigenvalue weighted by molar-refractivity contribution is 0.0690. The van der Waals surface area contributed by atoms with Crippen LogP contribution in [0.25, 0.3) is 10.9 Å². The van der Waals surface area contributed by atoms with E-state index in [1.165, 1.54) is 6.07 Å². The molecule has 9 nitrogen and oxygen atoms in total. The zero-order chi connectivity index (χ0) is 20.0. The summed E-state index contributed by atoms with van der Waals surface area (Å²) < 4.78 is 5.79. The first-order chi connectivity index (χ1) is 13.4. The maximum Gasteiger partial charge on any atom is 0.352 e. The fourth-order valence-corrected chi connectivity index (χ4v) is 3.20. The van der Waals surface area contributed by atoms with Crippen molar-refractivity contribution in [3.63, 3.8) is 0 Å². The lowest BCUT2D eigenvalue weighted by Gasteiger charge is -2.25. The van der Waals surface area contributed by atoms with E-state index in [1.54, 1.807) is 18.2 Å². The van der Waals surface area contributed by atoms with Crippen LogP contribution in [0.3, 0.4) is 0 Å². The highest BCUT2D eigenvalue weighted by atomic mass is 16.5. The van der Waals surface area contributed by atoms with E-state index < -0.39 is 11.4 Å². The molecule has 0 spiro atoms. The number of ether oxygens (including phenoxy) is 1. The third-order valence-corrected chi connectivity index (χ3v) is 4.45. The van der Waals surface area contributed by atoms with Crippen LogP contribution >= 0.6 is 0 Å². The number of Topliss-reactive ketones (excluding diaryl/α,β-unsaturated/α-hetero) is 1. The Kier molecular flexibility index (Phi) is 4.01. The van der Waals surface area contributed by atoms with Gasteiger partial charge in [0.25, 0.3) is 0 Å². The van der Waals surface area contributed by atoms with Gasteiger partial charge in [-0.3, -0.25) is 9.59 Å². The van der Waals surface area contributed by atoms with Gasteiger partial charge in [-0.15, -0.1) is 0 Å². The van der Waals surface area contributed by atoms with E-state index in [0.717, 1.165) is 6.07 Å². The van der Waals surface area contributed by atoms with Crippen molar-refractivity contribution < 1.29 is 24.5 Å². The normalized spacial score (nSPS) is 11.9. The number of hydrogen-bond donors (Lipinski definition) is 5. The lowest BCUT2D eigenvalue weighted by atomic mass is 10.0. The predicted molar refractivity (Wildman–Crippen MR) is 101 cm³/mol. The molecule has 0 fully saturated rings. The Bertz CT molecular complexity index is 1210. The highest BCUT2D eigenvalue weighted by molar-refractivity contribution is 6.08. The molecular formula is C19H15N3O6. The molecule has 2 aromatic carbocycles. The number of para-hydroxylation sites is 1. The van der Waals surface area contributed by atoms with E-state index in [9.17, 15) is 19.5 Å². The third-order valence-electron chi connectivity index (χ3n) is 4.45. The van der Waals surface area contributed by atoms with Gasteiger partial charge in [-0.05, 0) is 18.7 Å². The Morgan fingerprint density at radius 3 is 2.64 bits per heavy atom. The molecule has 0 saturated heterocycles. The number of anilines is 2. The van der Waals surface area contributed by atoms with Gasteiger partial charge in [-0.25, -0.2) is 4.79 Å². The molecule has 142 valence electrons. The van der Waals surface area contributed by atoms with Crippen LogP contribution in [-0.2, 0) is 0 Å². The molecule has 1 aliphatic rings. The van der Waals surface area contributed by atoms with E-state index in [1.807, 2.05) is 0 Å². The summed E-state index contributed by atoms with van der Waals surface area (Å²) in [5, 5.41) is 22.5. The van der Waals surface area contributed by atoms with Gasteiger partial charge in [0.15, 0.2) is 22.7 Å². The molecule has 1 aromatic heterocycles. The molecular weight excluding hydrogens is 366 g/mol. The summed E-state index contributed by atoms with van der Waals surface area (Å²) in [7, 11) is 0. The Balaban J connectivity index is 1.95. The minimum absolute atomic E-state index is 0.0201. The van der Waals surface area contributed by atoms with Gasteiger partial charge in [-0.1, -0.05) is 6.07 Å². The Morgan fingerprint density at radius 2 is 1.93 bits per heavy atom. The Hall–Kier alpha value is -3.85. The van der Waals surface area contributed by atoms with Crippen LogP contribution in [0.2, 0.25) is 0 Å². The summed E-state index contributed by atoms with van der Waals surface area (Å²) >= 11 is 0. The molecule has 0 amide bonds. The van der Waals surface area contributed by atoms with Crippen molar-refractivity contribution in [1.29, 1.82) is 0 Å². The molecule has 0 saturated carbocycles. The fraction of sp³-hybridized carbons (Fsp3) is 0.105. The molecule has 0 aliphatic carbocycles. The quantitative estimate of drug-likeness (QED) is 0.266. The van der Waals surface area contributed by atoms with Crippen LogP contribution in [0.5, 0.6) is 17.2 Å². The number of carbonyl (C=O) groups excluding carboxylic acids is 1. The van der Waals surface area contributed by atoms with Crippen LogP contribution in [-0.4, -0.2) is 33.5 Å². The number of aromatic carboxylic acids is 1. The zero-order valence-corrected chi connectivity index (χ0v) is 14.4. The molecule has 2 heterocycles. The second-order valence-electron chi connectivity index (χ2n) is 6.24. The summed E-state index contributed by atoms with van der Waals surface area (Å²) in [5.74, 6) is -1.33. The van der Waals surface area contributed by atoms with E-state index in [4.69, 9.17) is 15.6 Å². The van der Waals surface area contributed by atoms with Crippen molar-refractivity contribution in [1.82, 2.24) is 4.98 Å². The van der Waals surface area contributed by atoms with Crippen molar-refractivity contribution in [2.75, 3.05) is 11.9 Å². The summed E-state index contributed by atoms with van der Waals surface area (Å²) in [5.41, 5.74) is 5.41. The number of fused-ring (bicyclic) bond motifs is 4. The molecule has 0 unspecified atom stereocenters. The molecule has 0 atom stereocenters. The van der Waals surface area contributed by atoms with Crippen LogP contribution in [0.15, 0.2) is 35.1 Å². The zero-order valence-electron chi connectivity index (χ0n) is 14.4. The van der Waals surface area contributed by atoms with Crippen LogP contribution < -0.4 is 21.2 Å². The molecule has 6 N–H and O–H groups in total. The summed E-state index contributed by atoms with van der Waals surface area (Å²) in [6.45, 7) is 0.189. The monoisotopic (exact) mass is 381 g/mol. The number of rotatable bonds is 4. The highest BCUT2D eigenvalue weighted by Gasteiger charge is 2.26. The number of aromatic nitrogens is 1. The third kappa shape index (κ3) is 2.65. The smallest absolute Gasteiger partial charge is 0.352 e. The Morgan fingerprint density at radius 1 is 1.14 bits per heavy atom. The van der Waals surface area contributed by atoms with E-state index in [-0.39, 0.29) is 52.5 Å². The van der Waals surface area contributed by atoms with Crippen molar-refractivity contribution >= 4 is 34.0 Å². The number of aromatic hydroxyl groups is 1. The number of phenolic OH excluding ortho intramolecular Hbond substituents is 1. The predicted octanol–water partition coefficient (Wildman–Crippen LogP) is 2.31. The van der Waals surface area contributed by atoms with Gasteiger partial charge in [0.2, 0.25) is 0 Å². The molecule has 0 radical (unpaired) electrons. The van der Waals surface area contributed by atoms with Crippen LogP contribution in [0.1, 0.15) is 27.3 Å². The summed E-state index contributed by atoms with van der Waals surface area (Å²) in [6.07, 6.45) is 0.143. The summed E-state index contributed by atoms with van der Waals surface area (Å²) in [4.78, 5) is 38.7. The minimum atomic E-state index is -1.33. The highest BCUT2D eigenvalue weighted by Crippen LogP contribution is 2.48. The van der Waals surface area contributed by atoms with Crippen molar-refractivity contribution in [3.05, 3.63) is 51.8 Å². The standard InChI is InChI=1S/C19H15N3O6/c20-5-4-10(23)8-2-1-3-13-16(8)22-18-14(28-13)7-12(25)17-15(18)11(24)6-9(21-17)19(26)27/h1-3,6-7,22,25H,4-5,20H2,(H,21,24)(H,26,27). The number of H-pyrrole nitrogens is 1. The Labute approximate surface area is 157 Å². The number of hydrogen-bond acceptors (Lipinski definition) is 7. The van der Waals surface area contributed by atoms with E-state index >= 15 is 0 Å². The number of nitrogens with one attached hydrogen (secondary N) is 2. The van der Waals surface area contributed by atoms with E-state index in [2.05, 4.69) is 10.3 Å². The lowest BCUT2D eigenvalue weighted by Crippen LogP contribution is -2.15. The SMILES string of the molecule is NCCC(=O)c1cccc2c1Nc1c(cc(O)c3[nH]c(C(=O)O)cc(=O)c13)O2. The topological polar surface area (TPSA) is 155 Å². The molecule has 9 heteroatoms. The second kappa shape index (κ2) is 6.39. The first kappa shape index (κ1) is 17.6. The number of phenols is 1. The number of aromatic amines is 1. The van der Waals surface area contributed by atoms with E-state index in [0.29, 0.717) is 17.0 Å². The van der Waals surface area contributed by atoms with Gasteiger partial charge in [0, 0.05) is 24.1 Å². The number of nitrogens with two attached hydrogens (primary N) is 1. The molecule has 28 heavy (non-hydrogen) atoms. The van der Waals surface area contributed by atoms with Gasteiger partial charge in [0.1, 0.15) is 11.4 Å². The maximum absolute atomic E-state index is 12.6. The van der Waals surface area contributed by atoms with Crippen molar-refractivity contribution in [2.45, 2.75) is 6.42 Å². The maximum atomic E-state index is 12.6. The van der Waals surface area contributed by atoms with Crippen LogP contribution in [0, 0.1) is 0 Å². The van der Waals surface area contributed by atoms with Gasteiger partial charge < -0.3 is 31.0 Å². The minimum Gasteiger partial charge on any atom is -0.506 e. The van der Waals surface area contributed by atoms with Gasteiger partial charge in [0.05, 0.1) is 22.3 Å². The number of pyridine rings is 1. The fourth-order valence-electron chi connectivity index (χ4n) is 3.20. The summed E-state index contributed by atoms with van der Waals surface area (Å²) in [6, 6.07) is 7.11. The number of carbonyl (C=O) groups is 2. The number of ketones is 1. The van der Waals surface area contributed by atoms with Gasteiger partial charge in [-0.2, -0.15) is 0 Å². The van der Waals surface area contributed by atoms with Crippen molar-refractivity contribution in [3.8, 4) is 17.2 Å².